The highest BCUT2D eigenvalue weighted by molar-refractivity contribution is 6.39. The first-order valence-electron chi connectivity index (χ1n) is 7.98. The lowest BCUT2D eigenvalue weighted by Crippen LogP contribution is -2.37. The molecule has 8 nitrogen and oxygen atoms in total. The number of carbonyl (C=O) groups excluding carboxylic acids is 2. The molecule has 0 aliphatic rings. The molecule has 2 aromatic carbocycles. The number of carbonyl (C=O) groups is 2. The van der Waals surface area contributed by atoms with Crippen LogP contribution in [0.5, 0.6) is 11.5 Å². The number of hydrogen-bond donors (Lipinski definition) is 3. The van der Waals surface area contributed by atoms with E-state index >= 15 is 0 Å². The van der Waals surface area contributed by atoms with Gasteiger partial charge in [-0.05, 0) is 29.8 Å². The van der Waals surface area contributed by atoms with Gasteiger partial charge in [-0.15, -0.1) is 0 Å². The van der Waals surface area contributed by atoms with E-state index in [1.165, 1.54) is 26.4 Å². The molecule has 0 bridgehead atoms. The molecule has 0 aliphatic carbocycles. The van der Waals surface area contributed by atoms with E-state index in [1.54, 1.807) is 30.3 Å². The van der Waals surface area contributed by atoms with Crippen LogP contribution >= 0.6 is 0 Å². The number of amides is 2. The first kappa shape index (κ1) is 19.8. The Morgan fingerprint density at radius 2 is 1.81 bits per heavy atom. The maximum atomic E-state index is 12.0. The largest absolute Gasteiger partial charge is 0.493 e. The van der Waals surface area contributed by atoms with Gasteiger partial charge < -0.3 is 25.2 Å². The normalized spacial score (nSPS) is 11.0. The fourth-order valence-electron chi connectivity index (χ4n) is 2.32. The van der Waals surface area contributed by atoms with Gasteiger partial charge in [0, 0.05) is 6.54 Å². The lowest BCUT2D eigenvalue weighted by molar-refractivity contribution is -0.136. The average Bonchev–Trinajstić information content (AvgIpc) is 2.71. The number of anilines is 1. The first-order chi connectivity index (χ1) is 13.0. The number of nitrogens with zero attached hydrogens (tertiary/aromatic N) is 1. The van der Waals surface area contributed by atoms with E-state index < -0.39 is 17.9 Å². The predicted octanol–water partition coefficient (Wildman–Crippen LogP) is 1.36. The Hall–Kier alpha value is -3.57. The molecular formula is C19H19N3O5. The lowest BCUT2D eigenvalue weighted by atomic mass is 10.1. The van der Waals surface area contributed by atoms with Crippen LogP contribution in [0, 0.1) is 11.3 Å². The highest BCUT2D eigenvalue weighted by Crippen LogP contribution is 2.29. The number of para-hydroxylation sites is 1. The van der Waals surface area contributed by atoms with Crippen molar-refractivity contribution in [2.24, 2.45) is 0 Å². The molecule has 0 saturated heterocycles. The van der Waals surface area contributed by atoms with E-state index in [4.69, 9.17) is 14.7 Å². The molecule has 2 rings (SSSR count). The van der Waals surface area contributed by atoms with Gasteiger partial charge >= 0.3 is 11.8 Å². The van der Waals surface area contributed by atoms with Crippen LogP contribution in [0.25, 0.3) is 0 Å². The van der Waals surface area contributed by atoms with Crippen LogP contribution in [0.4, 0.5) is 5.69 Å². The molecule has 2 amide bonds. The van der Waals surface area contributed by atoms with Gasteiger partial charge in [0.1, 0.15) is 6.07 Å². The highest BCUT2D eigenvalue weighted by Gasteiger charge is 2.18. The van der Waals surface area contributed by atoms with Gasteiger partial charge in [0.05, 0.1) is 31.6 Å². The number of aliphatic hydroxyl groups is 1. The van der Waals surface area contributed by atoms with E-state index in [9.17, 15) is 14.7 Å². The minimum atomic E-state index is -1.05. The summed E-state index contributed by atoms with van der Waals surface area (Å²) in [6.45, 7) is -0.179. The Morgan fingerprint density at radius 3 is 2.48 bits per heavy atom. The van der Waals surface area contributed by atoms with Gasteiger partial charge in [-0.2, -0.15) is 5.26 Å². The summed E-state index contributed by atoms with van der Waals surface area (Å²) in [7, 11) is 2.97. The number of benzene rings is 2. The van der Waals surface area contributed by atoms with E-state index in [0.717, 1.165) is 0 Å². The molecule has 0 saturated carbocycles. The van der Waals surface area contributed by atoms with Gasteiger partial charge in [0.25, 0.3) is 0 Å². The standard InChI is InChI=1S/C19H19N3O5/c1-26-16-8-7-12(9-17(16)27-2)15(23)11-21-18(24)19(25)22-14-6-4-3-5-13(14)10-20/h3-9,15,23H,11H2,1-2H3,(H,21,24)(H,22,25)/t15-/m1/s1. The van der Waals surface area contributed by atoms with Gasteiger partial charge in [-0.3, -0.25) is 9.59 Å². The summed E-state index contributed by atoms with van der Waals surface area (Å²) in [5.41, 5.74) is 0.966. The zero-order valence-electron chi connectivity index (χ0n) is 14.9. The summed E-state index contributed by atoms with van der Waals surface area (Å²) in [6.07, 6.45) is -1.05. The molecular weight excluding hydrogens is 350 g/mol. The number of hydrogen-bond acceptors (Lipinski definition) is 6. The van der Waals surface area contributed by atoms with Crippen LogP contribution in [0.15, 0.2) is 42.5 Å². The number of methoxy groups -OCH3 is 2. The molecule has 0 fully saturated rings. The van der Waals surface area contributed by atoms with Crippen molar-refractivity contribution in [3.05, 3.63) is 53.6 Å². The second-order valence-corrected chi connectivity index (χ2v) is 5.45. The Labute approximate surface area is 156 Å². The number of rotatable bonds is 6. The Kier molecular flexibility index (Phi) is 6.74. The molecule has 140 valence electrons. The molecule has 0 unspecified atom stereocenters. The third-order valence-corrected chi connectivity index (χ3v) is 3.75. The molecule has 0 heterocycles. The monoisotopic (exact) mass is 369 g/mol. The molecule has 8 heteroatoms. The second-order valence-electron chi connectivity index (χ2n) is 5.45. The van der Waals surface area contributed by atoms with Crippen LogP contribution in [-0.4, -0.2) is 37.7 Å². The molecule has 0 aromatic heterocycles. The van der Waals surface area contributed by atoms with Crippen molar-refractivity contribution in [3.8, 4) is 17.6 Å². The SMILES string of the molecule is COc1ccc([C@H](O)CNC(=O)C(=O)Nc2ccccc2C#N)cc1OC. The summed E-state index contributed by atoms with van der Waals surface area (Å²) in [6, 6.07) is 13.1. The zero-order chi connectivity index (χ0) is 19.8. The Balaban J connectivity index is 1.96. The predicted molar refractivity (Wildman–Crippen MR) is 97.3 cm³/mol. The molecule has 0 aliphatic heterocycles. The minimum Gasteiger partial charge on any atom is -0.493 e. The molecule has 2 aromatic rings. The highest BCUT2D eigenvalue weighted by atomic mass is 16.5. The van der Waals surface area contributed by atoms with Gasteiger partial charge in [-0.1, -0.05) is 18.2 Å². The average molecular weight is 369 g/mol. The van der Waals surface area contributed by atoms with Crippen LogP contribution in [-0.2, 0) is 9.59 Å². The summed E-state index contributed by atoms with van der Waals surface area (Å²) < 4.78 is 10.3. The fourth-order valence-corrected chi connectivity index (χ4v) is 2.32. The molecule has 3 N–H and O–H groups in total. The third-order valence-electron chi connectivity index (χ3n) is 3.75. The molecule has 0 radical (unpaired) electrons. The van der Waals surface area contributed by atoms with Crippen LogP contribution in [0.1, 0.15) is 17.2 Å². The van der Waals surface area contributed by atoms with Crippen molar-refractivity contribution in [3.63, 3.8) is 0 Å². The maximum Gasteiger partial charge on any atom is 0.313 e. The molecule has 27 heavy (non-hydrogen) atoms. The van der Waals surface area contributed by atoms with Crippen molar-refractivity contribution >= 4 is 17.5 Å². The number of nitrogens with one attached hydrogen (secondary N) is 2. The molecule has 1 atom stereocenters. The Morgan fingerprint density at radius 1 is 1.11 bits per heavy atom. The van der Waals surface area contributed by atoms with Gasteiger partial charge in [-0.25, -0.2) is 0 Å². The quantitative estimate of drug-likeness (QED) is 0.661. The number of nitriles is 1. The fraction of sp³-hybridized carbons (Fsp3) is 0.211. The number of aliphatic hydroxyl groups excluding tert-OH is 1. The summed E-state index contributed by atoms with van der Waals surface area (Å²) in [5.74, 6) is -0.918. The lowest BCUT2D eigenvalue weighted by Gasteiger charge is -2.15. The number of ether oxygens (including phenoxy) is 2. The second kappa shape index (κ2) is 9.22. The van der Waals surface area contributed by atoms with E-state index in [-0.39, 0.29) is 17.8 Å². The van der Waals surface area contributed by atoms with Crippen LogP contribution < -0.4 is 20.1 Å². The van der Waals surface area contributed by atoms with Crippen LogP contribution in [0.2, 0.25) is 0 Å². The van der Waals surface area contributed by atoms with E-state index in [0.29, 0.717) is 17.1 Å². The Bertz CT molecular complexity index is 876. The maximum absolute atomic E-state index is 12.0. The first-order valence-corrected chi connectivity index (χ1v) is 7.98. The van der Waals surface area contributed by atoms with Crippen molar-refractivity contribution in [1.82, 2.24) is 5.32 Å². The van der Waals surface area contributed by atoms with E-state index in [1.807, 2.05) is 6.07 Å². The topological polar surface area (TPSA) is 121 Å². The summed E-state index contributed by atoms with van der Waals surface area (Å²) >= 11 is 0. The smallest absolute Gasteiger partial charge is 0.313 e. The zero-order valence-corrected chi connectivity index (χ0v) is 14.9. The minimum absolute atomic E-state index is 0.179. The van der Waals surface area contributed by atoms with Gasteiger partial charge in [0.15, 0.2) is 11.5 Å². The molecule has 0 spiro atoms. The van der Waals surface area contributed by atoms with E-state index in [2.05, 4.69) is 10.6 Å². The van der Waals surface area contributed by atoms with Crippen LogP contribution in [0.3, 0.4) is 0 Å². The van der Waals surface area contributed by atoms with Crippen molar-refractivity contribution in [2.45, 2.75) is 6.10 Å². The summed E-state index contributed by atoms with van der Waals surface area (Å²) in [4.78, 5) is 23.9. The summed E-state index contributed by atoms with van der Waals surface area (Å²) in [5, 5.41) is 23.9. The van der Waals surface area contributed by atoms with Crippen molar-refractivity contribution < 1.29 is 24.2 Å². The van der Waals surface area contributed by atoms with Crippen molar-refractivity contribution in [1.29, 1.82) is 5.26 Å². The van der Waals surface area contributed by atoms with Crippen molar-refractivity contribution in [2.75, 3.05) is 26.1 Å². The third kappa shape index (κ3) is 4.96. The van der Waals surface area contributed by atoms with Gasteiger partial charge in [0.2, 0.25) is 0 Å².